The van der Waals surface area contributed by atoms with Crippen LogP contribution in [0.25, 0.3) is 0 Å². The summed E-state index contributed by atoms with van der Waals surface area (Å²) in [6.07, 6.45) is 12.1. The molecule has 0 unspecified atom stereocenters. The van der Waals surface area contributed by atoms with Crippen LogP contribution < -0.4 is 5.32 Å². The molecule has 1 fully saturated rings. The van der Waals surface area contributed by atoms with Gasteiger partial charge in [-0.2, -0.15) is 0 Å². The lowest BCUT2D eigenvalue weighted by atomic mass is 9.73. The van der Waals surface area contributed by atoms with Gasteiger partial charge in [0.2, 0.25) is 5.91 Å². The van der Waals surface area contributed by atoms with Crippen molar-refractivity contribution in [2.75, 3.05) is 7.11 Å². The summed E-state index contributed by atoms with van der Waals surface area (Å²) in [7, 11) is 1.67. The average molecular weight is 203 g/mol. The summed E-state index contributed by atoms with van der Waals surface area (Å²) in [5.74, 6) is 0.124. The summed E-state index contributed by atoms with van der Waals surface area (Å²) in [5.41, 5.74) is -0.486. The maximum absolute atomic E-state index is 11.9. The Morgan fingerprint density at radius 1 is 1.33 bits per heavy atom. The number of hydrogen-bond donors (Lipinski definition) is 1. The Kier molecular flexibility index (Phi) is 1.68. The SMILES string of the molecule is CO[C@]12C=CC=C[C@@H]3C=C[C@H]1NC(=O)[C@@H]32. The molecular formula is C12H13NO2. The van der Waals surface area contributed by atoms with Crippen molar-refractivity contribution in [1.29, 1.82) is 0 Å². The van der Waals surface area contributed by atoms with Crippen molar-refractivity contribution in [2.24, 2.45) is 11.8 Å². The molecule has 15 heavy (non-hydrogen) atoms. The Balaban J connectivity index is 2.19. The molecule has 0 aromatic carbocycles. The highest BCUT2D eigenvalue weighted by Crippen LogP contribution is 2.44. The first kappa shape index (κ1) is 8.92. The number of nitrogens with one attached hydrogen (secondary N) is 1. The van der Waals surface area contributed by atoms with E-state index in [0.717, 1.165) is 0 Å². The zero-order valence-electron chi connectivity index (χ0n) is 8.51. The Labute approximate surface area is 88.5 Å². The van der Waals surface area contributed by atoms with Crippen LogP contribution in [0.15, 0.2) is 36.5 Å². The third-order valence-electron chi connectivity index (χ3n) is 3.62. The fourth-order valence-electron chi connectivity index (χ4n) is 2.88. The number of ether oxygens (including phenoxy) is 1. The van der Waals surface area contributed by atoms with Crippen molar-refractivity contribution in [3.05, 3.63) is 36.5 Å². The zero-order valence-corrected chi connectivity index (χ0v) is 8.51. The van der Waals surface area contributed by atoms with Gasteiger partial charge in [-0.1, -0.05) is 30.4 Å². The molecule has 4 atom stereocenters. The Morgan fingerprint density at radius 3 is 3.00 bits per heavy atom. The van der Waals surface area contributed by atoms with Crippen LogP contribution in [-0.2, 0) is 9.53 Å². The molecule has 1 amide bonds. The highest BCUT2D eigenvalue weighted by atomic mass is 16.5. The molecule has 78 valence electrons. The van der Waals surface area contributed by atoms with E-state index in [2.05, 4.69) is 17.5 Å². The van der Waals surface area contributed by atoms with Gasteiger partial charge >= 0.3 is 0 Å². The summed E-state index contributed by atoms with van der Waals surface area (Å²) < 4.78 is 5.63. The van der Waals surface area contributed by atoms with Crippen LogP contribution in [0.3, 0.4) is 0 Å². The molecule has 1 aliphatic heterocycles. The van der Waals surface area contributed by atoms with E-state index in [1.165, 1.54) is 0 Å². The fraction of sp³-hybridized carbons (Fsp3) is 0.417. The number of carbonyl (C=O) groups is 1. The first-order chi connectivity index (χ1) is 7.28. The van der Waals surface area contributed by atoms with Crippen LogP contribution in [0.2, 0.25) is 0 Å². The molecule has 4 bridgehead atoms. The van der Waals surface area contributed by atoms with E-state index >= 15 is 0 Å². The van der Waals surface area contributed by atoms with Gasteiger partial charge in [-0.15, -0.1) is 0 Å². The Bertz CT molecular complexity index is 396. The quantitative estimate of drug-likeness (QED) is 0.640. The predicted molar refractivity (Wildman–Crippen MR) is 56.1 cm³/mol. The molecule has 3 aliphatic rings. The van der Waals surface area contributed by atoms with E-state index in [9.17, 15) is 4.79 Å². The molecule has 1 heterocycles. The third kappa shape index (κ3) is 0.960. The van der Waals surface area contributed by atoms with Crippen LogP contribution in [-0.4, -0.2) is 24.7 Å². The highest BCUT2D eigenvalue weighted by Gasteiger charge is 2.57. The van der Waals surface area contributed by atoms with Crippen LogP contribution in [0.5, 0.6) is 0 Å². The van der Waals surface area contributed by atoms with Gasteiger partial charge in [-0.05, 0) is 6.08 Å². The first-order valence-corrected chi connectivity index (χ1v) is 5.18. The van der Waals surface area contributed by atoms with E-state index in [-0.39, 0.29) is 23.8 Å². The molecule has 2 aliphatic carbocycles. The minimum atomic E-state index is -0.486. The molecule has 1 N–H and O–H groups in total. The number of rotatable bonds is 1. The van der Waals surface area contributed by atoms with Crippen molar-refractivity contribution < 1.29 is 9.53 Å². The van der Waals surface area contributed by atoms with E-state index in [1.807, 2.05) is 24.3 Å². The Hall–Kier alpha value is -1.35. The molecular weight excluding hydrogens is 190 g/mol. The van der Waals surface area contributed by atoms with Gasteiger partial charge in [0.1, 0.15) is 5.60 Å². The third-order valence-corrected chi connectivity index (χ3v) is 3.62. The molecule has 3 nitrogen and oxygen atoms in total. The maximum Gasteiger partial charge on any atom is 0.227 e. The fourth-order valence-corrected chi connectivity index (χ4v) is 2.88. The van der Waals surface area contributed by atoms with Crippen molar-refractivity contribution in [3.63, 3.8) is 0 Å². The second-order valence-electron chi connectivity index (χ2n) is 4.23. The highest BCUT2D eigenvalue weighted by molar-refractivity contribution is 5.86. The largest absolute Gasteiger partial charge is 0.371 e. The molecule has 0 saturated carbocycles. The van der Waals surface area contributed by atoms with Crippen molar-refractivity contribution in [3.8, 4) is 0 Å². The second kappa shape index (κ2) is 2.83. The van der Waals surface area contributed by atoms with E-state index in [1.54, 1.807) is 7.11 Å². The lowest BCUT2D eigenvalue weighted by molar-refractivity contribution is -0.126. The minimum absolute atomic E-state index is 0.0209. The average Bonchev–Trinajstić information content (AvgIpc) is 2.39. The molecule has 3 rings (SSSR count). The van der Waals surface area contributed by atoms with Gasteiger partial charge in [0.05, 0.1) is 12.0 Å². The lowest BCUT2D eigenvalue weighted by Crippen LogP contribution is -2.48. The van der Waals surface area contributed by atoms with Crippen LogP contribution >= 0.6 is 0 Å². The van der Waals surface area contributed by atoms with Crippen molar-refractivity contribution in [1.82, 2.24) is 5.32 Å². The summed E-state index contributed by atoms with van der Waals surface area (Å²) in [4.78, 5) is 11.9. The van der Waals surface area contributed by atoms with Crippen molar-refractivity contribution in [2.45, 2.75) is 11.6 Å². The van der Waals surface area contributed by atoms with Crippen LogP contribution in [0, 0.1) is 11.8 Å². The van der Waals surface area contributed by atoms with Crippen molar-refractivity contribution >= 4 is 5.91 Å². The minimum Gasteiger partial charge on any atom is -0.371 e. The summed E-state index contributed by atoms with van der Waals surface area (Å²) in [6, 6.07) is -0.0209. The van der Waals surface area contributed by atoms with Gasteiger partial charge < -0.3 is 10.1 Å². The summed E-state index contributed by atoms with van der Waals surface area (Å²) in [6.45, 7) is 0. The number of hydrogen-bond acceptors (Lipinski definition) is 2. The first-order valence-electron chi connectivity index (χ1n) is 5.18. The van der Waals surface area contributed by atoms with Gasteiger partial charge in [0.15, 0.2) is 0 Å². The summed E-state index contributed by atoms with van der Waals surface area (Å²) >= 11 is 0. The molecule has 0 radical (unpaired) electrons. The van der Waals surface area contributed by atoms with Gasteiger partial charge in [0, 0.05) is 13.0 Å². The summed E-state index contributed by atoms with van der Waals surface area (Å²) in [5, 5.41) is 2.97. The van der Waals surface area contributed by atoms with E-state index in [4.69, 9.17) is 4.74 Å². The number of amides is 1. The van der Waals surface area contributed by atoms with E-state index < -0.39 is 5.60 Å². The molecule has 0 aromatic heterocycles. The lowest BCUT2D eigenvalue weighted by Gasteiger charge is -2.37. The predicted octanol–water partition coefficient (Wildman–Crippen LogP) is 0.798. The second-order valence-corrected chi connectivity index (χ2v) is 4.23. The number of allylic oxidation sites excluding steroid dienone is 4. The van der Waals surface area contributed by atoms with Crippen LogP contribution in [0.4, 0.5) is 0 Å². The van der Waals surface area contributed by atoms with Gasteiger partial charge in [-0.25, -0.2) is 0 Å². The smallest absolute Gasteiger partial charge is 0.227 e. The molecule has 3 heteroatoms. The standard InChI is InChI=1S/C12H13NO2/c1-15-12-7-3-2-4-8-5-6-9(12)13-11(14)10(8)12/h2-10H,1H3,(H,13,14)/t8-,9-,10-,12-/m1/s1. The number of carbonyl (C=O) groups excluding carboxylic acids is 1. The normalized spacial score (nSPS) is 45.4. The molecule has 0 spiro atoms. The zero-order chi connectivity index (χ0) is 10.5. The molecule has 1 saturated heterocycles. The van der Waals surface area contributed by atoms with E-state index in [0.29, 0.717) is 0 Å². The Morgan fingerprint density at radius 2 is 2.20 bits per heavy atom. The topological polar surface area (TPSA) is 38.3 Å². The molecule has 0 aromatic rings. The number of methoxy groups -OCH3 is 1. The van der Waals surface area contributed by atoms with Gasteiger partial charge in [0.25, 0.3) is 0 Å². The van der Waals surface area contributed by atoms with Crippen LogP contribution in [0.1, 0.15) is 0 Å². The van der Waals surface area contributed by atoms with Gasteiger partial charge in [-0.3, -0.25) is 4.79 Å². The maximum atomic E-state index is 11.9. The monoisotopic (exact) mass is 203 g/mol.